The van der Waals surface area contributed by atoms with Crippen molar-refractivity contribution in [1.82, 2.24) is 5.32 Å². The lowest BCUT2D eigenvalue weighted by molar-refractivity contribution is -0.122. The number of nitrogens with one attached hydrogen (secondary N) is 1. The molecule has 0 aromatic heterocycles. The number of carbonyl (C=O) groups is 1. The number of nitrogens with two attached hydrogens (primary N) is 1. The summed E-state index contributed by atoms with van der Waals surface area (Å²) in [4.78, 5) is 11.6. The van der Waals surface area contributed by atoms with Gasteiger partial charge in [-0.3, -0.25) is 4.79 Å². The second-order valence-electron chi connectivity index (χ2n) is 5.03. The van der Waals surface area contributed by atoms with E-state index in [4.69, 9.17) is 5.73 Å². The third-order valence-electron chi connectivity index (χ3n) is 2.94. The maximum absolute atomic E-state index is 11.6. The fourth-order valence-electron chi connectivity index (χ4n) is 2.06. The van der Waals surface area contributed by atoms with E-state index in [0.717, 1.165) is 19.4 Å². The molecule has 3 heteroatoms. The SMILES string of the molecule is CC(C)C[C@@H](N)C(=O)NCCC1=CCCC1. The predicted octanol–water partition coefficient (Wildman–Crippen LogP) is 1.98. The molecule has 0 aromatic rings. The molecule has 3 N–H and O–H groups in total. The molecular weight excluding hydrogens is 200 g/mol. The second kappa shape index (κ2) is 6.69. The summed E-state index contributed by atoms with van der Waals surface area (Å²) in [6, 6.07) is -0.349. The fourth-order valence-corrected chi connectivity index (χ4v) is 2.06. The third kappa shape index (κ3) is 4.79. The molecule has 1 aliphatic rings. The highest BCUT2D eigenvalue weighted by Crippen LogP contribution is 2.19. The molecule has 1 rings (SSSR count). The molecule has 1 aliphatic carbocycles. The van der Waals surface area contributed by atoms with Crippen molar-refractivity contribution in [2.45, 2.75) is 52.0 Å². The van der Waals surface area contributed by atoms with Crippen LogP contribution < -0.4 is 11.1 Å². The first-order valence-electron chi connectivity index (χ1n) is 6.30. The first-order chi connectivity index (χ1) is 7.59. The topological polar surface area (TPSA) is 55.1 Å². The number of amides is 1. The van der Waals surface area contributed by atoms with E-state index >= 15 is 0 Å². The van der Waals surface area contributed by atoms with E-state index in [1.54, 1.807) is 0 Å². The average molecular weight is 224 g/mol. The Labute approximate surface area is 98.5 Å². The quantitative estimate of drug-likeness (QED) is 0.678. The van der Waals surface area contributed by atoms with E-state index in [2.05, 4.69) is 25.2 Å². The molecule has 0 heterocycles. The number of hydrogen-bond donors (Lipinski definition) is 2. The summed E-state index contributed by atoms with van der Waals surface area (Å²) in [5.74, 6) is 0.464. The molecule has 0 bridgehead atoms. The maximum Gasteiger partial charge on any atom is 0.236 e. The van der Waals surface area contributed by atoms with Gasteiger partial charge < -0.3 is 11.1 Å². The van der Waals surface area contributed by atoms with Gasteiger partial charge in [0.1, 0.15) is 0 Å². The predicted molar refractivity (Wildman–Crippen MR) is 67.0 cm³/mol. The lowest BCUT2D eigenvalue weighted by atomic mass is 10.0. The van der Waals surface area contributed by atoms with Crippen LogP contribution in [0.3, 0.4) is 0 Å². The molecule has 1 atom stereocenters. The zero-order valence-electron chi connectivity index (χ0n) is 10.5. The molecule has 0 saturated carbocycles. The van der Waals surface area contributed by atoms with Gasteiger partial charge in [-0.1, -0.05) is 25.5 Å². The van der Waals surface area contributed by atoms with Crippen LogP contribution in [0.4, 0.5) is 0 Å². The Bertz CT molecular complexity index is 259. The van der Waals surface area contributed by atoms with Crippen molar-refractivity contribution < 1.29 is 4.79 Å². The van der Waals surface area contributed by atoms with Crippen molar-refractivity contribution in [3.05, 3.63) is 11.6 Å². The van der Waals surface area contributed by atoms with Gasteiger partial charge in [0.2, 0.25) is 5.91 Å². The molecule has 3 nitrogen and oxygen atoms in total. The fraction of sp³-hybridized carbons (Fsp3) is 0.769. The monoisotopic (exact) mass is 224 g/mol. The Morgan fingerprint density at radius 2 is 2.31 bits per heavy atom. The summed E-state index contributed by atoms with van der Waals surface area (Å²) < 4.78 is 0. The molecule has 0 saturated heterocycles. The summed E-state index contributed by atoms with van der Waals surface area (Å²) in [7, 11) is 0. The Morgan fingerprint density at radius 1 is 1.56 bits per heavy atom. The van der Waals surface area contributed by atoms with Crippen molar-refractivity contribution in [2.75, 3.05) is 6.54 Å². The maximum atomic E-state index is 11.6. The Hall–Kier alpha value is -0.830. The van der Waals surface area contributed by atoms with Crippen molar-refractivity contribution in [1.29, 1.82) is 0 Å². The molecule has 0 unspecified atom stereocenters. The van der Waals surface area contributed by atoms with E-state index in [0.29, 0.717) is 5.92 Å². The van der Waals surface area contributed by atoms with E-state index in [9.17, 15) is 4.79 Å². The third-order valence-corrected chi connectivity index (χ3v) is 2.94. The molecule has 0 aliphatic heterocycles. The number of carbonyl (C=O) groups excluding carboxylic acids is 1. The molecular formula is C13H24N2O. The van der Waals surface area contributed by atoms with Gasteiger partial charge in [-0.2, -0.15) is 0 Å². The van der Waals surface area contributed by atoms with Gasteiger partial charge in [0.15, 0.2) is 0 Å². The zero-order valence-corrected chi connectivity index (χ0v) is 10.5. The van der Waals surface area contributed by atoms with E-state index < -0.39 is 0 Å². The minimum Gasteiger partial charge on any atom is -0.354 e. The van der Waals surface area contributed by atoms with Crippen LogP contribution in [0.25, 0.3) is 0 Å². The first kappa shape index (κ1) is 13.2. The number of rotatable bonds is 6. The molecule has 0 radical (unpaired) electrons. The van der Waals surface area contributed by atoms with Crippen LogP contribution in [0.2, 0.25) is 0 Å². The highest BCUT2D eigenvalue weighted by molar-refractivity contribution is 5.81. The van der Waals surface area contributed by atoms with Crippen molar-refractivity contribution in [2.24, 2.45) is 11.7 Å². The van der Waals surface area contributed by atoms with Crippen LogP contribution >= 0.6 is 0 Å². The normalized spacial score (nSPS) is 17.4. The molecule has 92 valence electrons. The average Bonchev–Trinajstić information content (AvgIpc) is 2.69. The van der Waals surface area contributed by atoms with Crippen molar-refractivity contribution in [3.8, 4) is 0 Å². The summed E-state index contributed by atoms with van der Waals surface area (Å²) in [6.45, 7) is 4.89. The summed E-state index contributed by atoms with van der Waals surface area (Å²) in [5.41, 5.74) is 7.27. The van der Waals surface area contributed by atoms with Crippen LogP contribution in [0.15, 0.2) is 11.6 Å². The Kier molecular flexibility index (Phi) is 5.53. The van der Waals surface area contributed by atoms with Crippen LogP contribution in [0, 0.1) is 5.92 Å². The van der Waals surface area contributed by atoms with Gasteiger partial charge in [0.05, 0.1) is 6.04 Å². The lowest BCUT2D eigenvalue weighted by Crippen LogP contribution is -2.41. The number of hydrogen-bond acceptors (Lipinski definition) is 2. The smallest absolute Gasteiger partial charge is 0.236 e. The molecule has 0 aromatic carbocycles. The van der Waals surface area contributed by atoms with Crippen LogP contribution in [0.5, 0.6) is 0 Å². The van der Waals surface area contributed by atoms with Crippen molar-refractivity contribution in [3.63, 3.8) is 0 Å². The lowest BCUT2D eigenvalue weighted by Gasteiger charge is -2.14. The van der Waals surface area contributed by atoms with Crippen LogP contribution in [-0.4, -0.2) is 18.5 Å². The summed E-state index contributed by atoms with van der Waals surface area (Å²) in [6.07, 6.45) is 7.72. The van der Waals surface area contributed by atoms with Gasteiger partial charge in [-0.15, -0.1) is 0 Å². The minimum atomic E-state index is -0.349. The number of allylic oxidation sites excluding steroid dienone is 1. The first-order valence-corrected chi connectivity index (χ1v) is 6.30. The summed E-state index contributed by atoms with van der Waals surface area (Å²) in [5, 5.41) is 2.91. The van der Waals surface area contributed by atoms with E-state index in [1.807, 2.05) is 0 Å². The van der Waals surface area contributed by atoms with Gasteiger partial charge >= 0.3 is 0 Å². The highest BCUT2D eigenvalue weighted by Gasteiger charge is 2.14. The Balaban J connectivity index is 2.14. The van der Waals surface area contributed by atoms with Gasteiger partial charge in [-0.05, 0) is 38.0 Å². The van der Waals surface area contributed by atoms with E-state index in [-0.39, 0.29) is 11.9 Å². The van der Waals surface area contributed by atoms with Gasteiger partial charge in [-0.25, -0.2) is 0 Å². The van der Waals surface area contributed by atoms with Crippen LogP contribution in [0.1, 0.15) is 46.0 Å². The Morgan fingerprint density at radius 3 is 2.88 bits per heavy atom. The van der Waals surface area contributed by atoms with Crippen LogP contribution in [-0.2, 0) is 4.79 Å². The van der Waals surface area contributed by atoms with E-state index in [1.165, 1.54) is 24.8 Å². The standard InChI is InChI=1S/C13H24N2O/c1-10(2)9-12(14)13(16)15-8-7-11-5-3-4-6-11/h5,10,12H,3-4,6-9,14H2,1-2H3,(H,15,16)/t12-/m1/s1. The van der Waals surface area contributed by atoms with Crippen molar-refractivity contribution >= 4 is 5.91 Å². The highest BCUT2D eigenvalue weighted by atomic mass is 16.2. The second-order valence-corrected chi connectivity index (χ2v) is 5.03. The molecule has 0 spiro atoms. The molecule has 1 amide bonds. The summed E-state index contributed by atoms with van der Waals surface area (Å²) >= 11 is 0. The van der Waals surface area contributed by atoms with Gasteiger partial charge in [0.25, 0.3) is 0 Å². The van der Waals surface area contributed by atoms with Gasteiger partial charge in [0, 0.05) is 6.54 Å². The molecule has 16 heavy (non-hydrogen) atoms. The largest absolute Gasteiger partial charge is 0.354 e. The minimum absolute atomic E-state index is 0.00713. The molecule has 0 fully saturated rings. The zero-order chi connectivity index (χ0) is 12.0.